The summed E-state index contributed by atoms with van der Waals surface area (Å²) in [4.78, 5) is 17.7. The first-order valence-electron chi connectivity index (χ1n) is 10.3. The Kier molecular flexibility index (Phi) is 9.42. The molecule has 6 nitrogen and oxygen atoms in total. The van der Waals surface area contributed by atoms with Gasteiger partial charge < -0.3 is 20.3 Å². The van der Waals surface area contributed by atoms with E-state index in [9.17, 15) is 18.0 Å². The summed E-state index contributed by atoms with van der Waals surface area (Å²) in [6.45, 7) is 1.56. The van der Waals surface area contributed by atoms with Gasteiger partial charge in [-0.2, -0.15) is 13.2 Å². The summed E-state index contributed by atoms with van der Waals surface area (Å²) in [7, 11) is 3.31. The van der Waals surface area contributed by atoms with E-state index >= 15 is 0 Å². The normalized spacial score (nSPS) is 17.5. The molecule has 0 bridgehead atoms. The van der Waals surface area contributed by atoms with E-state index in [1.54, 1.807) is 20.2 Å². The zero-order valence-electron chi connectivity index (χ0n) is 17.6. The van der Waals surface area contributed by atoms with Gasteiger partial charge in [0.1, 0.15) is 0 Å². The van der Waals surface area contributed by atoms with Gasteiger partial charge in [0.25, 0.3) is 0 Å². The number of alkyl halides is 3. The van der Waals surface area contributed by atoms with Gasteiger partial charge in [-0.3, -0.25) is 4.79 Å². The summed E-state index contributed by atoms with van der Waals surface area (Å²) >= 11 is 0. The van der Waals surface area contributed by atoms with Crippen LogP contribution in [-0.4, -0.2) is 56.7 Å². The second-order valence-corrected chi connectivity index (χ2v) is 7.56. The highest BCUT2D eigenvalue weighted by molar-refractivity contribution is 5.86. The predicted molar refractivity (Wildman–Crippen MR) is 110 cm³/mol. The van der Waals surface area contributed by atoms with Crippen LogP contribution in [0.2, 0.25) is 0 Å². The Morgan fingerprint density at radius 1 is 1.27 bits per heavy atom. The van der Waals surface area contributed by atoms with Crippen LogP contribution in [0.25, 0.3) is 0 Å². The summed E-state index contributed by atoms with van der Waals surface area (Å²) < 4.78 is 44.4. The molecular weight excluding hydrogens is 397 g/mol. The summed E-state index contributed by atoms with van der Waals surface area (Å²) in [5.74, 6) is 0.270. The lowest BCUT2D eigenvalue weighted by Crippen LogP contribution is -2.43. The van der Waals surface area contributed by atoms with Crippen LogP contribution >= 0.6 is 0 Å². The molecule has 1 aromatic rings. The lowest BCUT2D eigenvalue weighted by atomic mass is 10.0. The van der Waals surface area contributed by atoms with Crippen LogP contribution in [0, 0.1) is 0 Å². The molecular formula is C21H31F3N4O2. The molecule has 1 amide bonds. The van der Waals surface area contributed by atoms with E-state index in [0.717, 1.165) is 44.4 Å². The zero-order valence-corrected chi connectivity index (χ0v) is 17.6. The first-order valence-corrected chi connectivity index (χ1v) is 10.3. The fraction of sp³-hybridized carbons (Fsp3) is 0.619. The molecule has 0 saturated carbocycles. The van der Waals surface area contributed by atoms with Crippen LogP contribution < -0.4 is 10.6 Å². The van der Waals surface area contributed by atoms with Gasteiger partial charge in [0.2, 0.25) is 5.91 Å². The van der Waals surface area contributed by atoms with Crippen molar-refractivity contribution in [1.29, 1.82) is 0 Å². The molecule has 0 radical (unpaired) electrons. The molecule has 2 rings (SSSR count). The number of nitrogens with zero attached hydrogens (tertiary/aromatic N) is 2. The van der Waals surface area contributed by atoms with Gasteiger partial charge >= 0.3 is 6.18 Å². The highest BCUT2D eigenvalue weighted by atomic mass is 19.4. The Labute approximate surface area is 175 Å². The van der Waals surface area contributed by atoms with E-state index in [-0.39, 0.29) is 25.1 Å². The Hall–Kier alpha value is -2.29. The van der Waals surface area contributed by atoms with Crippen molar-refractivity contribution >= 4 is 11.9 Å². The van der Waals surface area contributed by atoms with Crippen LogP contribution in [0.5, 0.6) is 0 Å². The van der Waals surface area contributed by atoms with E-state index in [4.69, 9.17) is 4.74 Å². The molecule has 1 atom stereocenters. The molecule has 1 saturated heterocycles. The number of likely N-dealkylation sites (N-methyl/N-ethyl adjacent to an activating group) is 1. The van der Waals surface area contributed by atoms with Gasteiger partial charge in [0, 0.05) is 27.2 Å². The van der Waals surface area contributed by atoms with Gasteiger partial charge in [-0.1, -0.05) is 12.1 Å². The number of carbonyl (C=O) groups excluding carboxylic acids is 1. The molecule has 1 unspecified atom stereocenters. The lowest BCUT2D eigenvalue weighted by Gasteiger charge is -2.22. The van der Waals surface area contributed by atoms with Gasteiger partial charge in [-0.05, 0) is 49.8 Å². The van der Waals surface area contributed by atoms with Gasteiger partial charge in [0.05, 0.1) is 24.8 Å². The number of carbonyl (C=O) groups is 1. The van der Waals surface area contributed by atoms with Crippen molar-refractivity contribution in [3.05, 3.63) is 35.4 Å². The van der Waals surface area contributed by atoms with Crippen molar-refractivity contribution in [2.45, 2.75) is 50.9 Å². The Morgan fingerprint density at radius 3 is 2.73 bits per heavy atom. The quantitative estimate of drug-likeness (QED) is 0.379. The van der Waals surface area contributed by atoms with E-state index in [0.29, 0.717) is 18.1 Å². The SMILES string of the molecule is CN(C)C(=O)CNC(=NCc1cccc(C(F)(F)F)c1)NCCCC1CCCCO1. The van der Waals surface area contributed by atoms with Crippen LogP contribution in [0.1, 0.15) is 43.2 Å². The molecule has 168 valence electrons. The molecule has 0 aliphatic carbocycles. The van der Waals surface area contributed by atoms with Crippen LogP contribution in [-0.2, 0) is 22.3 Å². The Morgan fingerprint density at radius 2 is 2.07 bits per heavy atom. The Bertz CT molecular complexity index is 702. The Balaban J connectivity index is 1.93. The van der Waals surface area contributed by atoms with Crippen molar-refractivity contribution in [2.24, 2.45) is 4.99 Å². The number of rotatable bonds is 8. The minimum Gasteiger partial charge on any atom is -0.378 e. The smallest absolute Gasteiger partial charge is 0.378 e. The first-order chi connectivity index (χ1) is 14.3. The summed E-state index contributed by atoms with van der Waals surface area (Å²) in [6, 6.07) is 5.09. The van der Waals surface area contributed by atoms with Gasteiger partial charge in [-0.15, -0.1) is 0 Å². The van der Waals surface area contributed by atoms with Crippen molar-refractivity contribution in [3.8, 4) is 0 Å². The zero-order chi connectivity index (χ0) is 22.0. The third kappa shape index (κ3) is 8.61. The number of hydrogen-bond acceptors (Lipinski definition) is 3. The number of aliphatic imine (C=N–C) groups is 1. The second-order valence-electron chi connectivity index (χ2n) is 7.56. The number of benzene rings is 1. The molecule has 1 aromatic carbocycles. The molecule has 1 aliphatic heterocycles. The average molecular weight is 428 g/mol. The number of guanidine groups is 1. The van der Waals surface area contributed by atoms with Gasteiger partial charge in [0.15, 0.2) is 5.96 Å². The lowest BCUT2D eigenvalue weighted by molar-refractivity contribution is -0.137. The highest BCUT2D eigenvalue weighted by Crippen LogP contribution is 2.29. The maximum Gasteiger partial charge on any atom is 0.416 e. The highest BCUT2D eigenvalue weighted by Gasteiger charge is 2.30. The van der Waals surface area contributed by atoms with Crippen LogP contribution in [0.4, 0.5) is 13.2 Å². The summed E-state index contributed by atoms with van der Waals surface area (Å²) in [6.07, 6.45) is 1.08. The number of halogens is 3. The monoisotopic (exact) mass is 428 g/mol. The number of amides is 1. The topological polar surface area (TPSA) is 66.0 Å². The standard InChI is InChI=1S/C21H31F3N4O2/c1-28(2)19(29)15-27-20(25-11-6-10-18-9-3-4-12-30-18)26-14-16-7-5-8-17(13-16)21(22,23)24/h5,7-8,13,18H,3-4,6,9-12,14-15H2,1-2H3,(H2,25,26,27). The molecule has 9 heteroatoms. The fourth-order valence-electron chi connectivity index (χ4n) is 3.08. The molecule has 1 aliphatic rings. The molecule has 0 aromatic heterocycles. The number of ether oxygens (including phenoxy) is 1. The van der Waals surface area contributed by atoms with Crippen LogP contribution in [0.3, 0.4) is 0 Å². The van der Waals surface area contributed by atoms with Gasteiger partial charge in [-0.25, -0.2) is 4.99 Å². The molecule has 1 fully saturated rings. The van der Waals surface area contributed by atoms with E-state index in [2.05, 4.69) is 15.6 Å². The van der Waals surface area contributed by atoms with Crippen molar-refractivity contribution in [2.75, 3.05) is 33.8 Å². The first kappa shape index (κ1) is 24.0. The minimum atomic E-state index is -4.39. The number of nitrogens with one attached hydrogen (secondary N) is 2. The maximum atomic E-state index is 12.9. The molecule has 2 N–H and O–H groups in total. The third-order valence-corrected chi connectivity index (χ3v) is 4.85. The summed E-state index contributed by atoms with van der Waals surface area (Å²) in [5, 5.41) is 6.11. The largest absolute Gasteiger partial charge is 0.416 e. The minimum absolute atomic E-state index is 0.0488. The fourth-order valence-corrected chi connectivity index (χ4v) is 3.08. The maximum absolute atomic E-state index is 12.9. The number of hydrogen-bond donors (Lipinski definition) is 2. The van der Waals surface area contributed by atoms with Crippen molar-refractivity contribution in [1.82, 2.24) is 15.5 Å². The van der Waals surface area contributed by atoms with E-state index < -0.39 is 11.7 Å². The molecule has 0 spiro atoms. The van der Waals surface area contributed by atoms with Crippen LogP contribution in [0.15, 0.2) is 29.3 Å². The summed E-state index contributed by atoms with van der Waals surface area (Å²) in [5.41, 5.74) is -0.256. The third-order valence-electron chi connectivity index (χ3n) is 4.85. The molecule has 30 heavy (non-hydrogen) atoms. The van der Waals surface area contributed by atoms with E-state index in [1.807, 2.05) is 0 Å². The second kappa shape index (κ2) is 11.8. The van der Waals surface area contributed by atoms with E-state index in [1.165, 1.54) is 17.4 Å². The van der Waals surface area contributed by atoms with Crippen molar-refractivity contribution < 1.29 is 22.7 Å². The predicted octanol–water partition coefficient (Wildman–Crippen LogP) is 3.18. The van der Waals surface area contributed by atoms with Crippen molar-refractivity contribution in [3.63, 3.8) is 0 Å². The molecule has 1 heterocycles. The average Bonchev–Trinajstić information content (AvgIpc) is 2.72.